The predicted molar refractivity (Wildman–Crippen MR) is 109 cm³/mol. The second kappa shape index (κ2) is 7.67. The molecule has 1 fully saturated rings. The van der Waals surface area contributed by atoms with Gasteiger partial charge in [-0.15, -0.1) is 0 Å². The highest BCUT2D eigenvalue weighted by Crippen LogP contribution is 2.30. The number of hydrogen-bond donors (Lipinski definition) is 1. The molecule has 0 unspecified atom stereocenters. The molecule has 0 amide bonds. The van der Waals surface area contributed by atoms with Gasteiger partial charge in [0.15, 0.2) is 5.65 Å². The normalized spacial score (nSPS) is 15.7. The van der Waals surface area contributed by atoms with E-state index in [1.54, 1.807) is 6.20 Å². The number of benzene rings is 1. The number of aromatic nitrogens is 3. The number of piperidine rings is 1. The summed E-state index contributed by atoms with van der Waals surface area (Å²) in [4.78, 5) is 7.25. The zero-order valence-corrected chi connectivity index (χ0v) is 16.8. The summed E-state index contributed by atoms with van der Waals surface area (Å²) in [5.74, 6) is 1.41. The van der Waals surface area contributed by atoms with Gasteiger partial charge in [-0.1, -0.05) is 12.1 Å². The molecule has 1 saturated heterocycles. The van der Waals surface area contributed by atoms with Gasteiger partial charge in [0.1, 0.15) is 5.82 Å². The summed E-state index contributed by atoms with van der Waals surface area (Å²) in [5, 5.41) is 16.9. The van der Waals surface area contributed by atoms with Gasteiger partial charge in [0, 0.05) is 24.2 Å². The van der Waals surface area contributed by atoms with Crippen LogP contribution in [-0.2, 0) is 6.54 Å². The molecule has 2 aromatic heterocycles. The Labute approximate surface area is 166 Å². The first-order chi connectivity index (χ1) is 13.1. The van der Waals surface area contributed by atoms with Gasteiger partial charge in [0.2, 0.25) is 0 Å². The van der Waals surface area contributed by atoms with E-state index in [2.05, 4.69) is 50.4 Å². The largest absolute Gasteiger partial charge is 0.366 e. The fourth-order valence-corrected chi connectivity index (χ4v) is 3.83. The summed E-state index contributed by atoms with van der Waals surface area (Å²) in [6.45, 7) is 2.87. The number of nitrogens with one attached hydrogen (secondary N) is 1. The predicted octanol–water partition coefficient (Wildman–Crippen LogP) is 3.78. The van der Waals surface area contributed by atoms with Gasteiger partial charge in [-0.25, -0.2) is 4.98 Å². The Hall–Kier alpha value is -2.43. The molecule has 1 aliphatic rings. The van der Waals surface area contributed by atoms with Crippen LogP contribution in [0, 0.1) is 11.3 Å². The minimum atomic E-state index is 0.475. The first-order valence-corrected chi connectivity index (χ1v) is 9.89. The first kappa shape index (κ1) is 18.0. The van der Waals surface area contributed by atoms with E-state index in [0.717, 1.165) is 53.1 Å². The van der Waals surface area contributed by atoms with Gasteiger partial charge in [0.25, 0.3) is 0 Å². The van der Waals surface area contributed by atoms with Crippen LogP contribution in [0.1, 0.15) is 35.6 Å². The zero-order valence-electron chi connectivity index (χ0n) is 15.2. The number of fused-ring (bicyclic) bond motifs is 1. The standard InChI is InChI=1S/C20H21BrN6/c1-26-8-6-16(7-9-26)18-10-19(27-20(25-18)17(21)13-24-27)23-12-15-4-2-14(11-22)3-5-15/h2-5,10,13,16,23H,6-9,12H2,1H3. The number of anilines is 1. The monoisotopic (exact) mass is 424 g/mol. The Morgan fingerprint density at radius 2 is 2.00 bits per heavy atom. The van der Waals surface area contributed by atoms with E-state index in [1.165, 1.54) is 0 Å². The van der Waals surface area contributed by atoms with E-state index in [0.29, 0.717) is 18.0 Å². The number of likely N-dealkylation sites (tertiary alicyclic amines) is 1. The van der Waals surface area contributed by atoms with Crippen LogP contribution in [0.15, 0.2) is 41.0 Å². The molecule has 0 aliphatic carbocycles. The van der Waals surface area contributed by atoms with Gasteiger partial charge in [-0.05, 0) is 66.6 Å². The lowest BCUT2D eigenvalue weighted by atomic mass is 9.93. The van der Waals surface area contributed by atoms with Crippen molar-refractivity contribution in [1.82, 2.24) is 19.5 Å². The maximum atomic E-state index is 8.94. The maximum absolute atomic E-state index is 8.94. The molecule has 1 aromatic carbocycles. The molecular formula is C20H21BrN6. The quantitative estimate of drug-likeness (QED) is 0.689. The van der Waals surface area contributed by atoms with Gasteiger partial charge in [0.05, 0.1) is 22.3 Å². The zero-order chi connectivity index (χ0) is 18.8. The lowest BCUT2D eigenvalue weighted by Crippen LogP contribution is -2.29. The Balaban J connectivity index is 1.61. The second-order valence-corrected chi connectivity index (χ2v) is 7.89. The van der Waals surface area contributed by atoms with E-state index >= 15 is 0 Å². The van der Waals surface area contributed by atoms with Crippen LogP contribution in [0.25, 0.3) is 5.65 Å². The molecule has 0 radical (unpaired) electrons. The minimum absolute atomic E-state index is 0.475. The minimum Gasteiger partial charge on any atom is -0.366 e. The van der Waals surface area contributed by atoms with E-state index in [4.69, 9.17) is 10.2 Å². The smallest absolute Gasteiger partial charge is 0.171 e. The number of halogens is 1. The average molecular weight is 425 g/mol. The highest BCUT2D eigenvalue weighted by atomic mass is 79.9. The van der Waals surface area contributed by atoms with Crippen molar-refractivity contribution >= 4 is 27.4 Å². The van der Waals surface area contributed by atoms with Crippen LogP contribution < -0.4 is 5.32 Å². The van der Waals surface area contributed by atoms with E-state index in [1.807, 2.05) is 28.8 Å². The molecule has 7 heteroatoms. The van der Waals surface area contributed by atoms with Crippen molar-refractivity contribution in [3.05, 3.63) is 57.8 Å². The molecule has 3 aromatic rings. The third-order valence-corrected chi connectivity index (χ3v) is 5.70. The summed E-state index contributed by atoms with van der Waals surface area (Å²) >= 11 is 3.57. The molecule has 1 N–H and O–H groups in total. The van der Waals surface area contributed by atoms with Crippen LogP contribution in [-0.4, -0.2) is 39.6 Å². The van der Waals surface area contributed by atoms with Crippen molar-refractivity contribution in [3.63, 3.8) is 0 Å². The van der Waals surface area contributed by atoms with Crippen LogP contribution >= 0.6 is 15.9 Å². The second-order valence-electron chi connectivity index (χ2n) is 7.03. The molecule has 6 nitrogen and oxygen atoms in total. The van der Waals surface area contributed by atoms with Crippen LogP contribution in [0.5, 0.6) is 0 Å². The van der Waals surface area contributed by atoms with Crippen LogP contribution in [0.2, 0.25) is 0 Å². The van der Waals surface area contributed by atoms with Gasteiger partial charge >= 0.3 is 0 Å². The molecular weight excluding hydrogens is 404 g/mol. The molecule has 0 spiro atoms. The number of rotatable bonds is 4. The number of hydrogen-bond acceptors (Lipinski definition) is 5. The highest BCUT2D eigenvalue weighted by Gasteiger charge is 2.21. The third-order valence-electron chi connectivity index (χ3n) is 5.14. The van der Waals surface area contributed by atoms with Crippen LogP contribution in [0.4, 0.5) is 5.82 Å². The van der Waals surface area contributed by atoms with E-state index in [-0.39, 0.29) is 0 Å². The van der Waals surface area contributed by atoms with Crippen molar-refractivity contribution in [1.29, 1.82) is 5.26 Å². The Bertz CT molecular complexity index is 980. The molecule has 0 saturated carbocycles. The van der Waals surface area contributed by atoms with Gasteiger partial charge in [-0.3, -0.25) is 0 Å². The number of nitrogens with zero attached hydrogens (tertiary/aromatic N) is 5. The van der Waals surface area contributed by atoms with Crippen molar-refractivity contribution in [2.45, 2.75) is 25.3 Å². The molecule has 0 atom stereocenters. The summed E-state index contributed by atoms with van der Waals surface area (Å²) in [6.07, 6.45) is 4.04. The topological polar surface area (TPSA) is 69.2 Å². The summed E-state index contributed by atoms with van der Waals surface area (Å²) in [6, 6.07) is 11.9. The molecule has 4 rings (SSSR count). The lowest BCUT2D eigenvalue weighted by Gasteiger charge is -2.28. The third kappa shape index (κ3) is 3.82. The van der Waals surface area contributed by atoms with Gasteiger partial charge < -0.3 is 10.2 Å². The SMILES string of the molecule is CN1CCC(c2cc(NCc3ccc(C#N)cc3)n3ncc(Br)c3n2)CC1. The molecule has 138 valence electrons. The summed E-state index contributed by atoms with van der Waals surface area (Å²) in [7, 11) is 2.17. The van der Waals surface area contributed by atoms with Gasteiger partial charge in [-0.2, -0.15) is 14.9 Å². The molecule has 1 aliphatic heterocycles. The lowest BCUT2D eigenvalue weighted by molar-refractivity contribution is 0.253. The fraction of sp³-hybridized carbons (Fsp3) is 0.350. The van der Waals surface area contributed by atoms with Crippen LogP contribution in [0.3, 0.4) is 0 Å². The first-order valence-electron chi connectivity index (χ1n) is 9.09. The number of nitriles is 1. The fourth-order valence-electron chi connectivity index (χ4n) is 3.48. The summed E-state index contributed by atoms with van der Waals surface area (Å²) < 4.78 is 2.74. The van der Waals surface area contributed by atoms with E-state index < -0.39 is 0 Å². The van der Waals surface area contributed by atoms with Crippen molar-refractivity contribution < 1.29 is 0 Å². The van der Waals surface area contributed by atoms with Crippen molar-refractivity contribution in [2.75, 3.05) is 25.5 Å². The highest BCUT2D eigenvalue weighted by molar-refractivity contribution is 9.10. The van der Waals surface area contributed by atoms with E-state index in [9.17, 15) is 0 Å². The summed E-state index contributed by atoms with van der Waals surface area (Å²) in [5.41, 5.74) is 3.75. The average Bonchev–Trinajstić information content (AvgIpc) is 3.08. The van der Waals surface area contributed by atoms with Crippen molar-refractivity contribution in [2.24, 2.45) is 0 Å². The maximum Gasteiger partial charge on any atom is 0.171 e. The molecule has 0 bridgehead atoms. The Kier molecular flexibility index (Phi) is 5.10. The van der Waals surface area contributed by atoms with Crippen molar-refractivity contribution in [3.8, 4) is 6.07 Å². The molecule has 3 heterocycles. The Morgan fingerprint density at radius 1 is 1.26 bits per heavy atom. The molecule has 27 heavy (non-hydrogen) atoms. The Morgan fingerprint density at radius 3 is 2.70 bits per heavy atom.